The average molecular weight is 350 g/mol. The van der Waals surface area contributed by atoms with Gasteiger partial charge in [-0.05, 0) is 61.8 Å². The summed E-state index contributed by atoms with van der Waals surface area (Å²) in [7, 11) is -1.35. The minimum absolute atomic E-state index is 0.107. The van der Waals surface area contributed by atoms with Gasteiger partial charge in [0.25, 0.3) is 0 Å². The van der Waals surface area contributed by atoms with Crippen LogP contribution in [0.3, 0.4) is 0 Å². The van der Waals surface area contributed by atoms with Crippen LogP contribution in [0.1, 0.15) is 37.7 Å². The molecule has 3 fully saturated rings. The fourth-order valence-electron chi connectivity index (χ4n) is 4.26. The molecule has 0 unspecified atom stereocenters. The number of benzene rings is 1. The van der Waals surface area contributed by atoms with E-state index in [1.165, 1.54) is 12.0 Å². The standard InChI is InChI=1S/C18H26N2O3S/c1-23-16-4-2-14(3-5-16)12-20-9-8-18(13-20)10-15(11-18)19-24(21,22)17-6-7-17/h2-5,15,17,19H,6-13H2,1H3. The first-order chi connectivity index (χ1) is 11.5. The van der Waals surface area contributed by atoms with Crippen LogP contribution in [0.15, 0.2) is 24.3 Å². The van der Waals surface area contributed by atoms with Crippen LogP contribution in [-0.2, 0) is 16.6 Å². The van der Waals surface area contributed by atoms with E-state index >= 15 is 0 Å². The highest BCUT2D eigenvalue weighted by Crippen LogP contribution is 2.49. The molecule has 1 aromatic carbocycles. The van der Waals surface area contributed by atoms with Gasteiger partial charge in [-0.2, -0.15) is 0 Å². The normalized spacial score (nSPS) is 30.5. The highest BCUT2D eigenvalue weighted by Gasteiger charge is 2.50. The van der Waals surface area contributed by atoms with Gasteiger partial charge in [0.05, 0.1) is 12.4 Å². The van der Waals surface area contributed by atoms with Crippen LogP contribution in [0, 0.1) is 5.41 Å². The lowest BCUT2D eigenvalue weighted by atomic mass is 9.65. The third kappa shape index (κ3) is 3.32. The second kappa shape index (κ2) is 6.00. The number of methoxy groups -OCH3 is 1. The van der Waals surface area contributed by atoms with E-state index in [2.05, 4.69) is 21.8 Å². The molecular formula is C18H26N2O3S. The number of hydrogen-bond acceptors (Lipinski definition) is 4. The molecule has 1 heterocycles. The average Bonchev–Trinajstić information content (AvgIpc) is 3.31. The Hall–Kier alpha value is -1.11. The molecule has 0 atom stereocenters. The maximum Gasteiger partial charge on any atom is 0.214 e. The lowest BCUT2D eigenvalue weighted by Crippen LogP contribution is -2.52. The maximum atomic E-state index is 12.0. The van der Waals surface area contributed by atoms with Crippen molar-refractivity contribution in [2.24, 2.45) is 5.41 Å². The van der Waals surface area contributed by atoms with Crippen LogP contribution in [0.4, 0.5) is 0 Å². The van der Waals surface area contributed by atoms with Gasteiger partial charge in [0.15, 0.2) is 0 Å². The smallest absolute Gasteiger partial charge is 0.214 e. The lowest BCUT2D eigenvalue weighted by Gasteiger charge is -2.45. The van der Waals surface area contributed by atoms with Crippen LogP contribution in [0.25, 0.3) is 0 Å². The van der Waals surface area contributed by atoms with Crippen LogP contribution in [-0.4, -0.2) is 44.8 Å². The highest BCUT2D eigenvalue weighted by molar-refractivity contribution is 7.90. The number of likely N-dealkylation sites (tertiary alicyclic amines) is 1. The summed E-state index contributed by atoms with van der Waals surface area (Å²) in [6, 6.07) is 8.42. The van der Waals surface area contributed by atoms with Gasteiger partial charge in [0.1, 0.15) is 5.75 Å². The number of ether oxygens (including phenoxy) is 1. The van der Waals surface area contributed by atoms with Crippen molar-refractivity contribution in [1.29, 1.82) is 0 Å². The molecule has 0 bridgehead atoms. The largest absolute Gasteiger partial charge is 0.497 e. The summed E-state index contributed by atoms with van der Waals surface area (Å²) in [6.07, 6.45) is 4.85. The molecule has 4 rings (SSSR count). The molecule has 24 heavy (non-hydrogen) atoms. The predicted molar refractivity (Wildman–Crippen MR) is 93.4 cm³/mol. The zero-order valence-electron chi connectivity index (χ0n) is 14.2. The second-order valence-electron chi connectivity index (χ2n) is 7.78. The van der Waals surface area contributed by atoms with Crippen molar-refractivity contribution in [3.63, 3.8) is 0 Å². The molecule has 5 nitrogen and oxygen atoms in total. The molecule has 2 aliphatic carbocycles. The van der Waals surface area contributed by atoms with E-state index in [0.29, 0.717) is 5.41 Å². The molecule has 1 aliphatic heterocycles. The monoisotopic (exact) mass is 350 g/mol. The maximum absolute atomic E-state index is 12.0. The molecule has 1 N–H and O–H groups in total. The van der Waals surface area contributed by atoms with Gasteiger partial charge in [-0.15, -0.1) is 0 Å². The first kappa shape index (κ1) is 16.4. The topological polar surface area (TPSA) is 58.6 Å². The Balaban J connectivity index is 1.28. The number of nitrogens with zero attached hydrogens (tertiary/aromatic N) is 1. The summed E-state index contributed by atoms with van der Waals surface area (Å²) in [5.41, 5.74) is 1.64. The molecule has 1 saturated heterocycles. The fourth-order valence-corrected chi connectivity index (χ4v) is 5.84. The third-order valence-corrected chi connectivity index (χ3v) is 7.75. The molecule has 6 heteroatoms. The van der Waals surface area contributed by atoms with E-state index in [9.17, 15) is 8.42 Å². The minimum Gasteiger partial charge on any atom is -0.497 e. The Labute approximate surface area is 144 Å². The van der Waals surface area contributed by atoms with Gasteiger partial charge < -0.3 is 4.74 Å². The summed E-state index contributed by atoms with van der Waals surface area (Å²) in [5, 5.41) is -0.107. The Morgan fingerprint density at radius 2 is 1.96 bits per heavy atom. The number of rotatable bonds is 6. The molecule has 0 amide bonds. The van der Waals surface area contributed by atoms with E-state index in [4.69, 9.17) is 4.74 Å². The summed E-state index contributed by atoms with van der Waals surface area (Å²) >= 11 is 0. The van der Waals surface area contributed by atoms with Gasteiger partial charge in [0, 0.05) is 19.1 Å². The number of sulfonamides is 1. The van der Waals surface area contributed by atoms with E-state index in [1.54, 1.807) is 7.11 Å². The molecular weight excluding hydrogens is 324 g/mol. The van der Waals surface area contributed by atoms with Crippen LogP contribution >= 0.6 is 0 Å². The molecule has 3 aliphatic rings. The van der Waals surface area contributed by atoms with Crippen molar-refractivity contribution in [2.45, 2.75) is 49.9 Å². The Kier molecular flexibility index (Phi) is 4.09. The molecule has 1 aromatic rings. The van der Waals surface area contributed by atoms with Gasteiger partial charge in [-0.3, -0.25) is 4.90 Å². The summed E-state index contributed by atoms with van der Waals surface area (Å²) in [4.78, 5) is 2.49. The third-order valence-electron chi connectivity index (χ3n) is 5.74. The highest BCUT2D eigenvalue weighted by atomic mass is 32.2. The van der Waals surface area contributed by atoms with Crippen LogP contribution in [0.5, 0.6) is 5.75 Å². The van der Waals surface area contributed by atoms with Crippen molar-refractivity contribution >= 4 is 10.0 Å². The van der Waals surface area contributed by atoms with E-state index in [-0.39, 0.29) is 11.3 Å². The molecule has 2 saturated carbocycles. The van der Waals surface area contributed by atoms with Gasteiger partial charge in [-0.1, -0.05) is 12.1 Å². The zero-order chi connectivity index (χ0) is 16.8. The van der Waals surface area contributed by atoms with Crippen molar-refractivity contribution in [2.75, 3.05) is 20.2 Å². The van der Waals surface area contributed by atoms with Crippen LogP contribution in [0.2, 0.25) is 0 Å². The predicted octanol–water partition coefficient (Wildman–Crippen LogP) is 2.13. The van der Waals surface area contributed by atoms with E-state index < -0.39 is 10.0 Å². The van der Waals surface area contributed by atoms with E-state index in [1.807, 2.05) is 12.1 Å². The fraction of sp³-hybridized carbons (Fsp3) is 0.667. The van der Waals surface area contributed by atoms with Crippen molar-refractivity contribution in [1.82, 2.24) is 9.62 Å². The Morgan fingerprint density at radius 3 is 2.58 bits per heavy atom. The van der Waals surface area contributed by atoms with Gasteiger partial charge in [0.2, 0.25) is 10.0 Å². The van der Waals surface area contributed by atoms with Crippen LogP contribution < -0.4 is 9.46 Å². The number of hydrogen-bond donors (Lipinski definition) is 1. The number of nitrogens with one attached hydrogen (secondary N) is 1. The minimum atomic E-state index is -3.04. The first-order valence-corrected chi connectivity index (χ1v) is 10.4. The summed E-state index contributed by atoms with van der Waals surface area (Å²) in [5.74, 6) is 0.890. The molecule has 0 radical (unpaired) electrons. The van der Waals surface area contributed by atoms with E-state index in [0.717, 1.165) is 51.1 Å². The van der Waals surface area contributed by atoms with Gasteiger partial charge in [-0.25, -0.2) is 13.1 Å². The van der Waals surface area contributed by atoms with Crippen molar-refractivity contribution < 1.29 is 13.2 Å². The SMILES string of the molecule is COc1ccc(CN2CCC3(CC(NS(=O)(=O)C4CC4)C3)C2)cc1. The second-order valence-corrected chi connectivity index (χ2v) is 9.77. The molecule has 1 spiro atoms. The quantitative estimate of drug-likeness (QED) is 0.854. The summed E-state index contributed by atoms with van der Waals surface area (Å²) in [6.45, 7) is 3.15. The Bertz CT molecular complexity index is 691. The van der Waals surface area contributed by atoms with Crippen molar-refractivity contribution in [3.8, 4) is 5.75 Å². The summed E-state index contributed by atoms with van der Waals surface area (Å²) < 4.78 is 32.2. The van der Waals surface area contributed by atoms with Gasteiger partial charge >= 0.3 is 0 Å². The first-order valence-electron chi connectivity index (χ1n) is 8.85. The zero-order valence-corrected chi connectivity index (χ0v) is 15.0. The molecule has 132 valence electrons. The molecule has 0 aromatic heterocycles. The van der Waals surface area contributed by atoms with Crippen molar-refractivity contribution in [3.05, 3.63) is 29.8 Å². The Morgan fingerprint density at radius 1 is 1.25 bits per heavy atom. The lowest BCUT2D eigenvalue weighted by molar-refractivity contribution is 0.101.